The molecule has 3 rings (SSSR count). The fourth-order valence-electron chi connectivity index (χ4n) is 2.61. The van der Waals surface area contributed by atoms with Crippen molar-refractivity contribution in [3.8, 4) is 11.5 Å². The number of rotatable bonds is 4. The molecule has 2 aromatic rings. The number of Topliss-reactive ketones (excluding diaryl/α,β-unsaturated/α-hetero) is 1. The molecule has 148 valence electrons. The molecule has 5 nitrogen and oxygen atoms in total. The van der Waals surface area contributed by atoms with E-state index in [4.69, 9.17) is 0 Å². The Bertz CT molecular complexity index is 921. The summed E-state index contributed by atoms with van der Waals surface area (Å²) in [6, 6.07) is 7.48. The van der Waals surface area contributed by atoms with Gasteiger partial charge in [-0.2, -0.15) is 0 Å². The first-order valence-corrected chi connectivity index (χ1v) is 7.54. The van der Waals surface area contributed by atoms with Crippen LogP contribution in [0.2, 0.25) is 0 Å². The highest BCUT2D eigenvalue weighted by molar-refractivity contribution is 6.52. The second-order valence-corrected chi connectivity index (χ2v) is 5.64. The number of benzene rings is 2. The van der Waals surface area contributed by atoms with Crippen LogP contribution in [-0.4, -0.2) is 24.4 Å². The number of nitrogens with zero attached hydrogens (tertiary/aromatic N) is 1. The molecule has 0 saturated carbocycles. The van der Waals surface area contributed by atoms with Crippen LogP contribution in [0.3, 0.4) is 0 Å². The summed E-state index contributed by atoms with van der Waals surface area (Å²) in [5.74, 6) is -3.10. The van der Waals surface area contributed by atoms with Crippen LogP contribution in [0.1, 0.15) is 15.9 Å². The molecule has 1 heterocycles. The number of amides is 1. The number of carbonyl (C=O) groups is 2. The van der Waals surface area contributed by atoms with Crippen molar-refractivity contribution in [2.75, 3.05) is 4.90 Å². The molecule has 0 fully saturated rings. The molecule has 0 bridgehead atoms. The van der Waals surface area contributed by atoms with Crippen molar-refractivity contribution < 1.29 is 45.4 Å². The van der Waals surface area contributed by atoms with Crippen LogP contribution in [0.4, 0.5) is 32.0 Å². The van der Waals surface area contributed by atoms with Crippen molar-refractivity contribution in [3.63, 3.8) is 0 Å². The molecule has 0 radical (unpaired) electrons. The largest absolute Gasteiger partial charge is 0.573 e. The van der Waals surface area contributed by atoms with Crippen LogP contribution in [0.15, 0.2) is 42.5 Å². The molecule has 0 spiro atoms. The molecule has 0 aliphatic carbocycles. The molecule has 1 amide bonds. The Labute approximate surface area is 153 Å². The van der Waals surface area contributed by atoms with Gasteiger partial charge < -0.3 is 14.4 Å². The number of hydrogen-bond donors (Lipinski definition) is 0. The standard InChI is InChI=1S/C17H9F6NO4/c18-16(19,20)27-10-3-1-9(2-4-10)8-24-13-6-5-11(28-17(21,22)23)7-12(13)14(25)15(24)26/h1-7H,8H2. The Hall–Kier alpha value is -3.24. The lowest BCUT2D eigenvalue weighted by Gasteiger charge is -2.17. The summed E-state index contributed by atoms with van der Waals surface area (Å²) in [6.45, 7) is -0.177. The SMILES string of the molecule is O=C1C(=O)N(Cc2ccc(OC(F)(F)F)cc2)c2ccc(OC(F)(F)F)cc21. The summed E-state index contributed by atoms with van der Waals surface area (Å²) in [4.78, 5) is 25.2. The Morgan fingerprint density at radius 2 is 1.32 bits per heavy atom. The lowest BCUT2D eigenvalue weighted by Crippen LogP contribution is -2.29. The molecule has 28 heavy (non-hydrogen) atoms. The minimum atomic E-state index is -4.96. The number of fused-ring (bicyclic) bond motifs is 1. The Balaban J connectivity index is 1.81. The summed E-state index contributed by atoms with van der Waals surface area (Å²) in [5.41, 5.74) is 0.183. The third-order valence-electron chi connectivity index (χ3n) is 3.67. The quantitative estimate of drug-likeness (QED) is 0.565. The fraction of sp³-hybridized carbons (Fsp3) is 0.176. The summed E-state index contributed by atoms with van der Waals surface area (Å²) in [5, 5.41) is 0. The molecule has 0 atom stereocenters. The maximum Gasteiger partial charge on any atom is 0.573 e. The molecular weight excluding hydrogens is 396 g/mol. The van der Waals surface area contributed by atoms with Crippen molar-refractivity contribution in [1.82, 2.24) is 0 Å². The molecule has 0 saturated heterocycles. The minimum Gasteiger partial charge on any atom is -0.406 e. The van der Waals surface area contributed by atoms with Gasteiger partial charge in [0.2, 0.25) is 0 Å². The monoisotopic (exact) mass is 405 g/mol. The summed E-state index contributed by atoms with van der Waals surface area (Å²) < 4.78 is 80.9. The first-order chi connectivity index (χ1) is 12.9. The zero-order valence-corrected chi connectivity index (χ0v) is 13.6. The average molecular weight is 405 g/mol. The number of halogens is 6. The Morgan fingerprint density at radius 3 is 1.89 bits per heavy atom. The van der Waals surface area contributed by atoms with Crippen molar-refractivity contribution in [3.05, 3.63) is 53.6 Å². The highest BCUT2D eigenvalue weighted by atomic mass is 19.4. The van der Waals surface area contributed by atoms with E-state index in [1.54, 1.807) is 0 Å². The lowest BCUT2D eigenvalue weighted by atomic mass is 10.1. The van der Waals surface area contributed by atoms with Crippen molar-refractivity contribution >= 4 is 17.4 Å². The molecule has 0 unspecified atom stereocenters. The first kappa shape index (κ1) is 19.5. The van der Waals surface area contributed by atoms with Gasteiger partial charge in [0, 0.05) is 0 Å². The molecule has 0 N–H and O–H groups in total. The first-order valence-electron chi connectivity index (χ1n) is 7.54. The van der Waals surface area contributed by atoms with Crippen LogP contribution < -0.4 is 14.4 Å². The number of hydrogen-bond acceptors (Lipinski definition) is 4. The number of alkyl halides is 6. The van der Waals surface area contributed by atoms with E-state index in [0.717, 1.165) is 35.2 Å². The van der Waals surface area contributed by atoms with Crippen LogP contribution in [0, 0.1) is 0 Å². The van der Waals surface area contributed by atoms with Gasteiger partial charge in [0.15, 0.2) is 0 Å². The van der Waals surface area contributed by atoms with Gasteiger partial charge in [0.1, 0.15) is 11.5 Å². The Kier molecular flexibility index (Phi) is 4.69. The van der Waals surface area contributed by atoms with Crippen molar-refractivity contribution in [1.29, 1.82) is 0 Å². The number of anilines is 1. The van der Waals surface area contributed by atoms with Crippen LogP contribution in [0.25, 0.3) is 0 Å². The third kappa shape index (κ3) is 4.35. The van der Waals surface area contributed by atoms with Gasteiger partial charge in [-0.3, -0.25) is 9.59 Å². The maximum atomic E-state index is 12.3. The van der Waals surface area contributed by atoms with Gasteiger partial charge in [-0.1, -0.05) is 12.1 Å². The minimum absolute atomic E-state index is 0.0696. The molecular formula is C17H9F6NO4. The van der Waals surface area contributed by atoms with Gasteiger partial charge in [-0.05, 0) is 35.9 Å². The van der Waals surface area contributed by atoms with Crippen LogP contribution >= 0.6 is 0 Å². The fourth-order valence-corrected chi connectivity index (χ4v) is 2.61. The van der Waals surface area contributed by atoms with E-state index in [9.17, 15) is 35.9 Å². The van der Waals surface area contributed by atoms with Gasteiger partial charge >= 0.3 is 12.7 Å². The lowest BCUT2D eigenvalue weighted by molar-refractivity contribution is -0.275. The van der Waals surface area contributed by atoms with Crippen LogP contribution in [-0.2, 0) is 11.3 Å². The molecule has 2 aromatic carbocycles. The van der Waals surface area contributed by atoms with Gasteiger partial charge in [-0.15, -0.1) is 26.3 Å². The van der Waals surface area contributed by atoms with Crippen molar-refractivity contribution in [2.45, 2.75) is 19.3 Å². The third-order valence-corrected chi connectivity index (χ3v) is 3.67. The van der Waals surface area contributed by atoms with E-state index >= 15 is 0 Å². The molecule has 1 aliphatic heterocycles. The van der Waals surface area contributed by atoms with Gasteiger partial charge in [0.25, 0.3) is 11.7 Å². The molecule has 0 aromatic heterocycles. The van der Waals surface area contributed by atoms with E-state index in [1.165, 1.54) is 12.1 Å². The maximum absolute atomic E-state index is 12.3. The van der Waals surface area contributed by atoms with Crippen LogP contribution in [0.5, 0.6) is 11.5 Å². The van der Waals surface area contributed by atoms with Crippen molar-refractivity contribution in [2.24, 2.45) is 0 Å². The summed E-state index contributed by atoms with van der Waals surface area (Å²) in [6.07, 6.45) is -9.81. The topological polar surface area (TPSA) is 55.8 Å². The van der Waals surface area contributed by atoms with E-state index in [-0.39, 0.29) is 17.8 Å². The normalized spacial score (nSPS) is 14.3. The van der Waals surface area contributed by atoms with E-state index in [0.29, 0.717) is 5.56 Å². The van der Waals surface area contributed by atoms with Gasteiger partial charge in [-0.25, -0.2) is 0 Å². The summed E-state index contributed by atoms with van der Waals surface area (Å²) >= 11 is 0. The van der Waals surface area contributed by atoms with E-state index in [1.807, 2.05) is 0 Å². The average Bonchev–Trinajstić information content (AvgIpc) is 2.79. The predicted octanol–water partition coefficient (Wildman–Crippen LogP) is 4.21. The highest BCUT2D eigenvalue weighted by Gasteiger charge is 2.38. The van der Waals surface area contributed by atoms with E-state index < -0.39 is 35.9 Å². The molecule has 1 aliphatic rings. The zero-order valence-electron chi connectivity index (χ0n) is 13.6. The molecule has 11 heteroatoms. The highest BCUT2D eigenvalue weighted by Crippen LogP contribution is 2.35. The number of ether oxygens (including phenoxy) is 2. The zero-order chi connectivity index (χ0) is 20.7. The van der Waals surface area contributed by atoms with E-state index in [2.05, 4.69) is 9.47 Å². The summed E-state index contributed by atoms with van der Waals surface area (Å²) in [7, 11) is 0. The number of ketones is 1. The predicted molar refractivity (Wildman–Crippen MR) is 81.8 cm³/mol. The smallest absolute Gasteiger partial charge is 0.406 e. The Morgan fingerprint density at radius 1 is 0.786 bits per heavy atom. The van der Waals surface area contributed by atoms with Gasteiger partial charge in [0.05, 0.1) is 17.8 Å². The number of carbonyl (C=O) groups excluding carboxylic acids is 2. The second-order valence-electron chi connectivity index (χ2n) is 5.64. The second kappa shape index (κ2) is 6.73.